The molecule has 2 unspecified atom stereocenters. The van der Waals surface area contributed by atoms with Gasteiger partial charge in [-0.1, -0.05) is 147 Å². The molecule has 294 valence electrons. The molecule has 0 saturated carbocycles. The number of allylic oxidation sites excluding steroid dienone is 4. The summed E-state index contributed by atoms with van der Waals surface area (Å²) < 4.78 is 31.9. The number of esters is 2. The lowest BCUT2D eigenvalue weighted by atomic mass is 10.1. The first-order valence-corrected chi connectivity index (χ1v) is 22.0. The lowest BCUT2D eigenvalue weighted by molar-refractivity contribution is -0.161. The number of ether oxygens (including phenoxy) is 2. The summed E-state index contributed by atoms with van der Waals surface area (Å²) in [6.07, 6.45) is 40.8. The first-order valence-electron chi connectivity index (χ1n) is 20.5. The number of hydrogen-bond donors (Lipinski definition) is 1. The fraction of sp³-hybridized carbons (Fsp3) is 0.854. The Balaban J connectivity index is 4.02. The number of carbonyl (C=O) groups is 2. The van der Waals surface area contributed by atoms with E-state index < -0.39 is 26.5 Å². The van der Waals surface area contributed by atoms with E-state index in [2.05, 4.69) is 42.7 Å². The molecule has 50 heavy (non-hydrogen) atoms. The summed E-state index contributed by atoms with van der Waals surface area (Å²) in [5, 5.41) is 0. The smallest absolute Gasteiger partial charge is 0.462 e. The van der Waals surface area contributed by atoms with Gasteiger partial charge in [0.25, 0.3) is 0 Å². The summed E-state index contributed by atoms with van der Waals surface area (Å²) in [6.45, 7) is 3.86. The molecule has 0 bridgehead atoms. The van der Waals surface area contributed by atoms with Crippen LogP contribution in [-0.4, -0.2) is 43.3 Å². The van der Waals surface area contributed by atoms with Crippen molar-refractivity contribution in [3.8, 4) is 0 Å². The summed E-state index contributed by atoms with van der Waals surface area (Å²) in [6, 6.07) is 0. The van der Waals surface area contributed by atoms with Crippen molar-refractivity contribution < 1.29 is 37.6 Å². The van der Waals surface area contributed by atoms with E-state index in [4.69, 9.17) is 14.0 Å². The summed E-state index contributed by atoms with van der Waals surface area (Å²) in [4.78, 5) is 34.4. The van der Waals surface area contributed by atoms with E-state index in [0.717, 1.165) is 71.3 Å². The van der Waals surface area contributed by atoms with Crippen molar-refractivity contribution in [2.45, 2.75) is 206 Å². The number of hydrogen-bond acceptors (Lipinski definition) is 7. The Hall–Kier alpha value is -1.47. The van der Waals surface area contributed by atoms with Gasteiger partial charge in [0.2, 0.25) is 0 Å². The third kappa shape index (κ3) is 36.3. The van der Waals surface area contributed by atoms with Crippen LogP contribution in [0.4, 0.5) is 0 Å². The highest BCUT2D eigenvalue weighted by molar-refractivity contribution is 7.47. The van der Waals surface area contributed by atoms with Gasteiger partial charge in [-0.3, -0.25) is 18.6 Å². The second kappa shape index (κ2) is 37.3. The van der Waals surface area contributed by atoms with Crippen molar-refractivity contribution in [1.82, 2.24) is 0 Å². The molecule has 0 amide bonds. The van der Waals surface area contributed by atoms with Gasteiger partial charge in [0.1, 0.15) is 6.61 Å². The lowest BCUT2D eigenvalue weighted by Gasteiger charge is -2.19. The summed E-state index contributed by atoms with van der Waals surface area (Å²) in [5.41, 5.74) is 0. The van der Waals surface area contributed by atoms with Crippen LogP contribution in [-0.2, 0) is 32.7 Å². The highest BCUT2D eigenvalue weighted by atomic mass is 31.2. The monoisotopic (exact) mass is 729 g/mol. The molecule has 0 aromatic carbocycles. The first-order chi connectivity index (χ1) is 24.3. The molecule has 0 aliphatic heterocycles. The first kappa shape index (κ1) is 48.5. The highest BCUT2D eigenvalue weighted by Crippen LogP contribution is 2.42. The summed E-state index contributed by atoms with van der Waals surface area (Å²) in [5.74, 6) is -0.815. The van der Waals surface area contributed by atoms with Crippen LogP contribution < -0.4 is 0 Å². The molecule has 0 rings (SSSR count). The highest BCUT2D eigenvalue weighted by Gasteiger charge is 2.24. The Kier molecular flexibility index (Phi) is 36.2. The fourth-order valence-electron chi connectivity index (χ4n) is 5.71. The van der Waals surface area contributed by atoms with Crippen LogP contribution in [0.3, 0.4) is 0 Å². The predicted octanol–water partition coefficient (Wildman–Crippen LogP) is 12.7. The van der Waals surface area contributed by atoms with Crippen molar-refractivity contribution >= 4 is 19.8 Å². The molecular weight excluding hydrogens is 651 g/mol. The lowest BCUT2D eigenvalue weighted by Crippen LogP contribution is -2.29. The Labute approximate surface area is 307 Å². The number of phosphoric acid groups is 1. The molecule has 9 heteroatoms. The van der Waals surface area contributed by atoms with Crippen LogP contribution in [0, 0.1) is 0 Å². The number of phosphoric ester groups is 1. The van der Waals surface area contributed by atoms with Gasteiger partial charge in [-0.25, -0.2) is 4.57 Å². The minimum absolute atomic E-state index is 0.229. The molecule has 0 fully saturated rings. The average Bonchev–Trinajstić information content (AvgIpc) is 3.10. The number of rotatable bonds is 38. The van der Waals surface area contributed by atoms with Gasteiger partial charge in [-0.15, -0.1) is 0 Å². The summed E-state index contributed by atoms with van der Waals surface area (Å²) in [7, 11) is -3.20. The maximum atomic E-state index is 12.5. The van der Waals surface area contributed by atoms with Gasteiger partial charge in [0.15, 0.2) is 6.10 Å². The molecule has 0 heterocycles. The van der Waals surface area contributed by atoms with Gasteiger partial charge in [0.05, 0.1) is 6.61 Å². The van der Waals surface area contributed by atoms with E-state index in [1.165, 1.54) is 103 Å². The normalized spacial score (nSPS) is 13.6. The van der Waals surface area contributed by atoms with E-state index in [1.54, 1.807) is 0 Å². The van der Waals surface area contributed by atoms with Gasteiger partial charge < -0.3 is 14.4 Å². The van der Waals surface area contributed by atoms with E-state index in [9.17, 15) is 19.0 Å². The van der Waals surface area contributed by atoms with Gasteiger partial charge >= 0.3 is 19.8 Å². The van der Waals surface area contributed by atoms with Crippen LogP contribution in [0.2, 0.25) is 0 Å². The number of unbranched alkanes of at least 4 members (excludes halogenated alkanes) is 23. The molecule has 8 nitrogen and oxygen atoms in total. The zero-order valence-corrected chi connectivity index (χ0v) is 33.5. The minimum atomic E-state index is -4.26. The molecule has 0 radical (unpaired) electrons. The summed E-state index contributed by atoms with van der Waals surface area (Å²) >= 11 is 0. The second-order valence-corrected chi connectivity index (χ2v) is 15.3. The topological polar surface area (TPSA) is 108 Å². The Morgan fingerprint density at radius 2 is 0.900 bits per heavy atom. The molecule has 0 aromatic heterocycles. The van der Waals surface area contributed by atoms with E-state index in [-0.39, 0.29) is 25.4 Å². The SMILES string of the molecule is CCCCCC/C=C\CCCCCCCC(=O)OCC(COP(=O)(O)OC)OC(=O)CCCCCCCCC/C=C\CCCCCCCCC. The maximum Gasteiger partial charge on any atom is 0.472 e. The van der Waals surface area contributed by atoms with Crippen LogP contribution in [0.5, 0.6) is 0 Å². The fourth-order valence-corrected chi connectivity index (χ4v) is 6.17. The molecule has 0 spiro atoms. The van der Waals surface area contributed by atoms with Crippen LogP contribution >= 0.6 is 7.82 Å². The zero-order valence-electron chi connectivity index (χ0n) is 32.6. The molecule has 2 atom stereocenters. The largest absolute Gasteiger partial charge is 0.472 e. The molecule has 0 aliphatic rings. The van der Waals surface area contributed by atoms with Crippen LogP contribution in [0.25, 0.3) is 0 Å². The zero-order chi connectivity index (χ0) is 36.8. The van der Waals surface area contributed by atoms with Crippen LogP contribution in [0.1, 0.15) is 200 Å². The second-order valence-electron chi connectivity index (χ2n) is 13.8. The van der Waals surface area contributed by atoms with Crippen molar-refractivity contribution in [1.29, 1.82) is 0 Å². The third-order valence-corrected chi connectivity index (χ3v) is 9.85. The van der Waals surface area contributed by atoms with Gasteiger partial charge in [-0.05, 0) is 64.2 Å². The van der Waals surface area contributed by atoms with Crippen molar-refractivity contribution in [3.05, 3.63) is 24.3 Å². The average molecular weight is 729 g/mol. The maximum absolute atomic E-state index is 12.5. The van der Waals surface area contributed by atoms with E-state index >= 15 is 0 Å². The Morgan fingerprint density at radius 3 is 1.32 bits per heavy atom. The molecule has 0 aromatic rings. The third-order valence-electron chi connectivity index (χ3n) is 8.92. The van der Waals surface area contributed by atoms with Crippen molar-refractivity contribution in [3.63, 3.8) is 0 Å². The predicted molar refractivity (Wildman–Crippen MR) is 207 cm³/mol. The molecule has 1 N–H and O–H groups in total. The van der Waals surface area contributed by atoms with Crippen LogP contribution in [0.15, 0.2) is 24.3 Å². The molecule has 0 saturated heterocycles. The minimum Gasteiger partial charge on any atom is -0.462 e. The van der Waals surface area contributed by atoms with E-state index in [0.29, 0.717) is 6.42 Å². The number of carbonyl (C=O) groups excluding carboxylic acids is 2. The van der Waals surface area contributed by atoms with E-state index in [1.807, 2.05) is 0 Å². The van der Waals surface area contributed by atoms with Gasteiger partial charge in [0, 0.05) is 20.0 Å². The molecule has 0 aliphatic carbocycles. The van der Waals surface area contributed by atoms with Crippen molar-refractivity contribution in [2.75, 3.05) is 20.3 Å². The van der Waals surface area contributed by atoms with Crippen molar-refractivity contribution in [2.24, 2.45) is 0 Å². The molecular formula is C41H77O8P. The van der Waals surface area contributed by atoms with Gasteiger partial charge in [-0.2, -0.15) is 0 Å². The quantitative estimate of drug-likeness (QED) is 0.0290. The Morgan fingerprint density at radius 1 is 0.540 bits per heavy atom. The standard InChI is InChI=1S/C41H77O8P/c1-4-6-8-10-12-14-16-18-19-20-21-22-24-26-28-30-32-34-36-41(43)49-39(38-48-50(44,45)46-3)37-47-40(42)35-33-31-29-27-25-23-17-15-13-11-9-7-5-2/h15,17,19-20,39H,4-14,16,18,21-38H2,1-3H3,(H,44,45)/b17-15-,20-19-. The Bertz CT molecular complexity index is 875.